The molecular formula is C28H46F2N2O5Si. The Morgan fingerprint density at radius 2 is 1.71 bits per heavy atom. The van der Waals surface area contributed by atoms with Crippen LogP contribution in [-0.2, 0) is 25.1 Å². The van der Waals surface area contributed by atoms with E-state index in [-0.39, 0.29) is 35.6 Å². The van der Waals surface area contributed by atoms with Crippen molar-refractivity contribution in [3.63, 3.8) is 0 Å². The van der Waals surface area contributed by atoms with E-state index >= 15 is 0 Å². The predicted octanol–water partition coefficient (Wildman–Crippen LogP) is 5.67. The zero-order chi connectivity index (χ0) is 29.1. The smallest absolute Gasteiger partial charge is 0.410 e. The summed E-state index contributed by atoms with van der Waals surface area (Å²) in [7, 11) is -0.612. The molecule has 1 heterocycles. The van der Waals surface area contributed by atoms with Crippen LogP contribution >= 0.6 is 0 Å². The number of nitrogens with one attached hydrogen (secondary N) is 1. The van der Waals surface area contributed by atoms with Gasteiger partial charge in [0, 0.05) is 25.8 Å². The van der Waals surface area contributed by atoms with Gasteiger partial charge in [-0.25, -0.2) is 13.6 Å². The van der Waals surface area contributed by atoms with Crippen LogP contribution in [0.15, 0.2) is 18.2 Å². The molecule has 1 aromatic rings. The Bertz CT molecular complexity index is 957. The number of likely N-dealkylation sites (tertiary alicyclic amines) is 1. The van der Waals surface area contributed by atoms with E-state index in [1.807, 2.05) is 20.8 Å². The molecule has 1 saturated heterocycles. The maximum atomic E-state index is 14.0. The summed E-state index contributed by atoms with van der Waals surface area (Å²) >= 11 is 0. The predicted molar refractivity (Wildman–Crippen MR) is 146 cm³/mol. The SMILES string of the molecule is CO[C@H]([C@@H](C)C(=O)NCCc1c(F)cccc1F)[C@@H]1C[C@H](O[Si](C)(C)C(C)(C)C)CN1C(=O)OC(C)(C)C. The lowest BCUT2D eigenvalue weighted by Gasteiger charge is -2.38. The minimum atomic E-state index is -2.12. The summed E-state index contributed by atoms with van der Waals surface area (Å²) in [6, 6.07) is 3.24. The lowest BCUT2D eigenvalue weighted by atomic mass is 9.94. The molecule has 1 aliphatic heterocycles. The van der Waals surface area contributed by atoms with Crippen molar-refractivity contribution in [2.24, 2.45) is 5.92 Å². The molecule has 1 fully saturated rings. The van der Waals surface area contributed by atoms with Crippen LogP contribution in [-0.4, -0.2) is 69.3 Å². The number of nitrogens with zero attached hydrogens (tertiary/aromatic N) is 1. The Kier molecular flexibility index (Phi) is 10.5. The van der Waals surface area contributed by atoms with Crippen molar-refractivity contribution in [3.05, 3.63) is 35.4 Å². The number of carbonyl (C=O) groups is 2. The van der Waals surface area contributed by atoms with E-state index < -0.39 is 49.7 Å². The fourth-order valence-electron chi connectivity index (χ4n) is 4.43. The normalized spacial score (nSPS) is 20.3. The third kappa shape index (κ3) is 8.23. The number of hydrogen-bond donors (Lipinski definition) is 1. The van der Waals surface area contributed by atoms with E-state index in [2.05, 4.69) is 39.2 Å². The second-order valence-electron chi connectivity index (χ2n) is 12.7. The molecule has 0 unspecified atom stereocenters. The van der Waals surface area contributed by atoms with Gasteiger partial charge in [-0.05, 0) is 63.9 Å². The van der Waals surface area contributed by atoms with Crippen molar-refractivity contribution in [1.29, 1.82) is 0 Å². The third-order valence-electron chi connectivity index (χ3n) is 7.49. The maximum absolute atomic E-state index is 14.0. The number of halogens is 2. The lowest BCUT2D eigenvalue weighted by molar-refractivity contribution is -0.130. The first-order chi connectivity index (χ1) is 17.4. The molecule has 1 N–H and O–H groups in total. The van der Waals surface area contributed by atoms with Crippen LogP contribution in [0.25, 0.3) is 0 Å². The quantitative estimate of drug-likeness (QED) is 0.397. The summed E-state index contributed by atoms with van der Waals surface area (Å²) in [6.07, 6.45) is -0.813. The first kappa shape index (κ1) is 32.2. The van der Waals surface area contributed by atoms with E-state index in [4.69, 9.17) is 13.9 Å². The molecule has 2 rings (SSSR count). The number of rotatable bonds is 9. The summed E-state index contributed by atoms with van der Waals surface area (Å²) < 4.78 is 46.0. The van der Waals surface area contributed by atoms with Crippen LogP contribution in [0.2, 0.25) is 18.1 Å². The first-order valence-electron chi connectivity index (χ1n) is 13.3. The second kappa shape index (κ2) is 12.4. The molecule has 2 amide bonds. The highest BCUT2D eigenvalue weighted by molar-refractivity contribution is 6.74. The van der Waals surface area contributed by atoms with Crippen molar-refractivity contribution in [3.8, 4) is 0 Å². The van der Waals surface area contributed by atoms with E-state index in [1.165, 1.54) is 25.3 Å². The Balaban J connectivity index is 2.18. The number of methoxy groups -OCH3 is 1. The highest BCUT2D eigenvalue weighted by atomic mass is 28.4. The highest BCUT2D eigenvalue weighted by Crippen LogP contribution is 2.40. The average molecular weight is 557 g/mol. The topological polar surface area (TPSA) is 77.1 Å². The van der Waals surface area contributed by atoms with Crippen molar-refractivity contribution >= 4 is 20.3 Å². The van der Waals surface area contributed by atoms with Crippen LogP contribution < -0.4 is 5.32 Å². The van der Waals surface area contributed by atoms with Gasteiger partial charge in [0.05, 0.1) is 24.2 Å². The molecule has 0 radical (unpaired) electrons. The zero-order valence-corrected chi connectivity index (χ0v) is 25.6. The number of carbonyl (C=O) groups excluding carboxylic acids is 2. The Hall–Kier alpha value is -2.04. The van der Waals surface area contributed by atoms with Gasteiger partial charge in [0.1, 0.15) is 17.2 Å². The molecule has 0 bridgehead atoms. The molecular weight excluding hydrogens is 510 g/mol. The molecule has 1 aromatic carbocycles. The van der Waals surface area contributed by atoms with Crippen molar-refractivity contribution in [2.75, 3.05) is 20.2 Å². The van der Waals surface area contributed by atoms with Gasteiger partial charge in [-0.3, -0.25) is 9.69 Å². The van der Waals surface area contributed by atoms with Gasteiger partial charge in [0.15, 0.2) is 8.32 Å². The number of amides is 2. The molecule has 1 aliphatic rings. The molecule has 10 heteroatoms. The summed E-state index contributed by atoms with van der Waals surface area (Å²) in [4.78, 5) is 27.9. The average Bonchev–Trinajstić information content (AvgIpc) is 3.17. The van der Waals surface area contributed by atoms with Crippen LogP contribution in [0.1, 0.15) is 60.5 Å². The zero-order valence-electron chi connectivity index (χ0n) is 24.6. The van der Waals surface area contributed by atoms with E-state index in [0.717, 1.165) is 0 Å². The fraction of sp³-hybridized carbons (Fsp3) is 0.714. The summed E-state index contributed by atoms with van der Waals surface area (Å²) in [5.41, 5.74) is -0.755. The molecule has 0 saturated carbocycles. The summed E-state index contributed by atoms with van der Waals surface area (Å²) in [5, 5.41) is 2.76. The molecule has 0 spiro atoms. The Morgan fingerprint density at radius 3 is 2.21 bits per heavy atom. The lowest BCUT2D eigenvalue weighted by Crippen LogP contribution is -2.50. The highest BCUT2D eigenvalue weighted by Gasteiger charge is 2.48. The number of benzene rings is 1. The van der Waals surface area contributed by atoms with Crippen LogP contribution in [0.5, 0.6) is 0 Å². The molecule has 0 aliphatic carbocycles. The van der Waals surface area contributed by atoms with E-state index in [0.29, 0.717) is 13.0 Å². The van der Waals surface area contributed by atoms with Gasteiger partial charge in [-0.1, -0.05) is 33.8 Å². The van der Waals surface area contributed by atoms with E-state index in [9.17, 15) is 18.4 Å². The molecule has 38 heavy (non-hydrogen) atoms. The molecule has 4 atom stereocenters. The first-order valence-corrected chi connectivity index (χ1v) is 16.2. The fourth-order valence-corrected chi connectivity index (χ4v) is 5.79. The van der Waals surface area contributed by atoms with Gasteiger partial charge in [0.2, 0.25) is 5.91 Å². The van der Waals surface area contributed by atoms with Gasteiger partial charge >= 0.3 is 6.09 Å². The maximum Gasteiger partial charge on any atom is 0.410 e. The number of ether oxygens (including phenoxy) is 2. The Morgan fingerprint density at radius 1 is 1.13 bits per heavy atom. The summed E-state index contributed by atoms with van der Waals surface area (Å²) in [5.74, 6) is -2.26. The van der Waals surface area contributed by atoms with Crippen LogP contribution in [0, 0.1) is 17.6 Å². The summed E-state index contributed by atoms with van der Waals surface area (Å²) in [6.45, 7) is 18.4. The second-order valence-corrected chi connectivity index (χ2v) is 17.4. The van der Waals surface area contributed by atoms with Crippen LogP contribution in [0.4, 0.5) is 13.6 Å². The standard InChI is InChI=1S/C28H46F2N2O5Si/c1-18(25(33)31-15-14-20-21(29)12-11-13-22(20)30)24(35-8)23-16-19(37-38(9,10)28(5,6)7)17-32(23)26(34)36-27(2,3)4/h11-13,18-19,23-24H,14-17H2,1-10H3,(H,31,33)/t18-,19+,23+,24-/m1/s1. The third-order valence-corrected chi connectivity index (χ3v) is 12.0. The van der Waals surface area contributed by atoms with Gasteiger partial charge in [-0.2, -0.15) is 0 Å². The van der Waals surface area contributed by atoms with Crippen molar-refractivity contribution < 1.29 is 32.3 Å². The van der Waals surface area contributed by atoms with E-state index in [1.54, 1.807) is 11.8 Å². The Labute approximate surface area is 227 Å². The minimum Gasteiger partial charge on any atom is -0.444 e. The monoisotopic (exact) mass is 556 g/mol. The van der Waals surface area contributed by atoms with Crippen molar-refractivity contribution in [2.45, 2.75) is 103 Å². The van der Waals surface area contributed by atoms with Crippen molar-refractivity contribution in [1.82, 2.24) is 10.2 Å². The molecule has 216 valence electrons. The largest absolute Gasteiger partial charge is 0.444 e. The van der Waals surface area contributed by atoms with Gasteiger partial charge < -0.3 is 19.2 Å². The number of hydrogen-bond acceptors (Lipinski definition) is 5. The van der Waals surface area contributed by atoms with Gasteiger partial charge in [-0.15, -0.1) is 0 Å². The molecule has 7 nitrogen and oxygen atoms in total. The minimum absolute atomic E-state index is 0.00657. The van der Waals surface area contributed by atoms with Gasteiger partial charge in [0.25, 0.3) is 0 Å². The molecule has 0 aromatic heterocycles. The van der Waals surface area contributed by atoms with Crippen LogP contribution in [0.3, 0.4) is 0 Å².